The summed E-state index contributed by atoms with van der Waals surface area (Å²) in [5.74, 6) is -5.49. The molecule has 38 heavy (non-hydrogen) atoms. The molecule has 3 amide bonds. The number of carbonyl (C=O) groups excluding carboxylic acids is 3. The Morgan fingerprint density at radius 2 is 1.50 bits per heavy atom. The van der Waals surface area contributed by atoms with Gasteiger partial charge in [0.1, 0.15) is 23.9 Å². The van der Waals surface area contributed by atoms with Crippen LogP contribution in [0.25, 0.3) is 0 Å². The highest BCUT2D eigenvalue weighted by molar-refractivity contribution is 5.94. The first kappa shape index (κ1) is 32.3. The van der Waals surface area contributed by atoms with E-state index < -0.39 is 60.2 Å². The Bertz CT molecular complexity index is 956. The SMILES string of the molecule is CCC(C)C(NC(=O)C(N)CCCCN)C(=O)NC(Cc1ccc(O)cc1)C(=O)NC(CC(=O)O)C(=O)O. The molecule has 0 heterocycles. The van der Waals surface area contributed by atoms with E-state index in [9.17, 15) is 34.2 Å². The number of rotatable bonds is 17. The fraction of sp³-hybridized carbons (Fsp3) is 0.560. The number of phenols is 1. The fourth-order valence-electron chi connectivity index (χ4n) is 3.59. The maximum Gasteiger partial charge on any atom is 0.326 e. The van der Waals surface area contributed by atoms with Gasteiger partial charge in [0.05, 0.1) is 12.5 Å². The number of carboxylic acid groups (broad SMARTS) is 2. The summed E-state index contributed by atoms with van der Waals surface area (Å²) in [6.07, 6.45) is 1.26. The van der Waals surface area contributed by atoms with Gasteiger partial charge >= 0.3 is 11.9 Å². The highest BCUT2D eigenvalue weighted by atomic mass is 16.4. The van der Waals surface area contributed by atoms with Crippen molar-refractivity contribution in [3.05, 3.63) is 29.8 Å². The van der Waals surface area contributed by atoms with Crippen LogP contribution in [0, 0.1) is 5.92 Å². The molecule has 1 aromatic carbocycles. The molecule has 13 nitrogen and oxygen atoms in total. The molecule has 10 N–H and O–H groups in total. The van der Waals surface area contributed by atoms with Crippen LogP contribution in [0.2, 0.25) is 0 Å². The maximum absolute atomic E-state index is 13.3. The summed E-state index contributed by atoms with van der Waals surface area (Å²) in [5, 5.41) is 35.2. The first-order chi connectivity index (χ1) is 17.9. The molecule has 1 rings (SSSR count). The second-order valence-corrected chi connectivity index (χ2v) is 9.19. The van der Waals surface area contributed by atoms with Gasteiger partial charge in [-0.15, -0.1) is 0 Å². The van der Waals surface area contributed by atoms with E-state index in [-0.39, 0.29) is 18.1 Å². The van der Waals surface area contributed by atoms with Crippen LogP contribution in [-0.4, -0.2) is 75.7 Å². The normalized spacial score (nSPS) is 14.8. The third kappa shape index (κ3) is 11.1. The average molecular weight is 538 g/mol. The Labute approximate surface area is 221 Å². The van der Waals surface area contributed by atoms with E-state index in [4.69, 9.17) is 16.6 Å². The maximum atomic E-state index is 13.3. The Hall–Kier alpha value is -3.71. The van der Waals surface area contributed by atoms with Crippen LogP contribution in [0.4, 0.5) is 0 Å². The minimum absolute atomic E-state index is 0.0199. The molecule has 5 atom stereocenters. The lowest BCUT2D eigenvalue weighted by Crippen LogP contribution is -2.59. The smallest absolute Gasteiger partial charge is 0.326 e. The van der Waals surface area contributed by atoms with Crippen molar-refractivity contribution < 1.29 is 39.3 Å². The van der Waals surface area contributed by atoms with Crippen LogP contribution in [-0.2, 0) is 30.4 Å². The highest BCUT2D eigenvalue weighted by Crippen LogP contribution is 2.14. The molecular formula is C25H39N5O8. The van der Waals surface area contributed by atoms with Gasteiger partial charge in [-0.1, -0.05) is 38.8 Å². The van der Waals surface area contributed by atoms with E-state index in [1.807, 2.05) is 6.92 Å². The number of aliphatic carboxylic acids is 2. The van der Waals surface area contributed by atoms with Gasteiger partial charge in [0.25, 0.3) is 0 Å². The van der Waals surface area contributed by atoms with Gasteiger partial charge in [-0.25, -0.2) is 4.79 Å². The first-order valence-corrected chi connectivity index (χ1v) is 12.5. The number of aromatic hydroxyl groups is 1. The first-order valence-electron chi connectivity index (χ1n) is 12.5. The van der Waals surface area contributed by atoms with E-state index in [0.717, 1.165) is 0 Å². The van der Waals surface area contributed by atoms with E-state index >= 15 is 0 Å². The fourth-order valence-corrected chi connectivity index (χ4v) is 3.59. The lowest BCUT2D eigenvalue weighted by Gasteiger charge is -2.28. The zero-order valence-electron chi connectivity index (χ0n) is 21.7. The van der Waals surface area contributed by atoms with Crippen LogP contribution in [0.15, 0.2) is 24.3 Å². The number of nitrogens with two attached hydrogens (primary N) is 2. The Balaban J connectivity index is 3.14. The molecule has 0 aliphatic rings. The van der Waals surface area contributed by atoms with E-state index in [1.54, 1.807) is 6.92 Å². The Kier molecular flexibility index (Phi) is 13.8. The predicted octanol–water partition coefficient (Wildman–Crippen LogP) is -0.549. The number of phenolic OH excluding ortho intramolecular Hbond substituents is 1. The second-order valence-electron chi connectivity index (χ2n) is 9.19. The summed E-state index contributed by atoms with van der Waals surface area (Å²) < 4.78 is 0. The Morgan fingerprint density at radius 3 is 2.03 bits per heavy atom. The number of carbonyl (C=O) groups is 5. The summed E-state index contributed by atoms with van der Waals surface area (Å²) in [4.78, 5) is 61.5. The highest BCUT2D eigenvalue weighted by Gasteiger charge is 2.33. The molecule has 5 unspecified atom stereocenters. The molecule has 212 valence electrons. The van der Waals surface area contributed by atoms with Gasteiger partial charge in [-0.3, -0.25) is 19.2 Å². The zero-order valence-corrected chi connectivity index (χ0v) is 21.7. The quantitative estimate of drug-likeness (QED) is 0.118. The van der Waals surface area contributed by atoms with Crippen molar-refractivity contribution >= 4 is 29.7 Å². The number of hydrogen-bond acceptors (Lipinski definition) is 8. The standard InChI is InChI=1S/C25H39N5O8/c1-3-14(2)21(30-22(34)17(27)6-4-5-11-26)24(36)28-18(12-15-7-9-16(31)10-8-15)23(35)29-19(25(37)38)13-20(32)33/h7-10,14,17-19,21,31H,3-6,11-13,26-27H2,1-2H3,(H,28,36)(H,29,35)(H,30,34)(H,32,33)(H,37,38). The topological polar surface area (TPSA) is 234 Å². The molecule has 0 aromatic heterocycles. The van der Waals surface area contributed by atoms with Crippen molar-refractivity contribution in [2.45, 2.75) is 76.5 Å². The molecule has 0 saturated carbocycles. The molecule has 0 aliphatic carbocycles. The van der Waals surface area contributed by atoms with Crippen molar-refractivity contribution in [3.8, 4) is 5.75 Å². The van der Waals surface area contributed by atoms with Crippen LogP contribution in [0.3, 0.4) is 0 Å². The lowest BCUT2D eigenvalue weighted by atomic mass is 9.96. The molecular weight excluding hydrogens is 498 g/mol. The zero-order chi connectivity index (χ0) is 28.8. The van der Waals surface area contributed by atoms with Crippen LogP contribution in [0.5, 0.6) is 5.75 Å². The Morgan fingerprint density at radius 1 is 0.895 bits per heavy atom. The predicted molar refractivity (Wildman–Crippen MR) is 138 cm³/mol. The van der Waals surface area contributed by atoms with Crippen molar-refractivity contribution in [3.63, 3.8) is 0 Å². The van der Waals surface area contributed by atoms with Gasteiger partial charge in [-0.2, -0.15) is 0 Å². The molecule has 0 bridgehead atoms. The second kappa shape index (κ2) is 16.2. The number of benzene rings is 1. The lowest BCUT2D eigenvalue weighted by molar-refractivity contribution is -0.147. The number of nitrogens with one attached hydrogen (secondary N) is 3. The molecule has 13 heteroatoms. The molecule has 0 fully saturated rings. The van der Waals surface area contributed by atoms with Crippen molar-refractivity contribution in [1.29, 1.82) is 0 Å². The molecule has 0 radical (unpaired) electrons. The third-order valence-corrected chi connectivity index (χ3v) is 6.10. The summed E-state index contributed by atoms with van der Waals surface area (Å²) in [6.45, 7) is 4.03. The minimum Gasteiger partial charge on any atom is -0.508 e. The van der Waals surface area contributed by atoms with Gasteiger partial charge in [-0.05, 0) is 43.0 Å². The van der Waals surface area contributed by atoms with Crippen LogP contribution >= 0.6 is 0 Å². The number of carboxylic acids is 2. The largest absolute Gasteiger partial charge is 0.508 e. The number of unbranched alkanes of at least 4 members (excludes halogenated alkanes) is 1. The summed E-state index contributed by atoms with van der Waals surface area (Å²) in [5.41, 5.74) is 12.0. The molecule has 1 aromatic rings. The van der Waals surface area contributed by atoms with Crippen molar-refractivity contribution in [2.24, 2.45) is 17.4 Å². The number of amides is 3. The van der Waals surface area contributed by atoms with Gasteiger partial charge in [0.2, 0.25) is 17.7 Å². The van der Waals surface area contributed by atoms with Crippen molar-refractivity contribution in [2.75, 3.05) is 6.54 Å². The minimum atomic E-state index is -1.73. The van der Waals surface area contributed by atoms with E-state index in [1.165, 1.54) is 24.3 Å². The molecule has 0 aliphatic heterocycles. The van der Waals surface area contributed by atoms with Gasteiger partial charge < -0.3 is 42.7 Å². The number of hydrogen-bond donors (Lipinski definition) is 8. The third-order valence-electron chi connectivity index (χ3n) is 6.10. The van der Waals surface area contributed by atoms with Crippen LogP contribution < -0.4 is 27.4 Å². The van der Waals surface area contributed by atoms with E-state index in [2.05, 4.69) is 16.0 Å². The molecule has 0 spiro atoms. The molecule has 0 saturated heterocycles. The van der Waals surface area contributed by atoms with Crippen molar-refractivity contribution in [1.82, 2.24) is 16.0 Å². The summed E-state index contributed by atoms with van der Waals surface area (Å²) in [6, 6.07) is 0.849. The van der Waals surface area contributed by atoms with Crippen LogP contribution in [0.1, 0.15) is 51.5 Å². The van der Waals surface area contributed by atoms with Gasteiger partial charge in [0, 0.05) is 6.42 Å². The summed E-state index contributed by atoms with van der Waals surface area (Å²) in [7, 11) is 0. The monoisotopic (exact) mass is 537 g/mol. The van der Waals surface area contributed by atoms with Gasteiger partial charge in [0.15, 0.2) is 0 Å². The average Bonchev–Trinajstić information content (AvgIpc) is 2.86. The summed E-state index contributed by atoms with van der Waals surface area (Å²) >= 11 is 0. The van der Waals surface area contributed by atoms with E-state index in [0.29, 0.717) is 37.8 Å².